The normalized spacial score (nSPS) is 26.6. The topological polar surface area (TPSA) is 15.3 Å². The molecule has 2 aliphatic rings. The van der Waals surface area contributed by atoms with E-state index < -0.39 is 0 Å². The molecule has 1 N–H and O–H groups in total. The molecule has 100 valence electrons. The number of hydrogen-bond donors (Lipinski definition) is 1. The van der Waals surface area contributed by atoms with Gasteiger partial charge < -0.3 is 5.32 Å². The van der Waals surface area contributed by atoms with Crippen molar-refractivity contribution in [3.8, 4) is 0 Å². The Bertz CT molecular complexity index is 191. The minimum atomic E-state index is 0.739. The first-order valence-corrected chi connectivity index (χ1v) is 7.83. The quantitative estimate of drug-likeness (QED) is 0.809. The maximum Gasteiger partial charge on any atom is 0.0192 e. The Kier molecular flexibility index (Phi) is 5.79. The van der Waals surface area contributed by atoms with Gasteiger partial charge in [-0.15, -0.1) is 0 Å². The summed E-state index contributed by atoms with van der Waals surface area (Å²) in [5.41, 5.74) is 0. The van der Waals surface area contributed by atoms with Gasteiger partial charge in [0, 0.05) is 18.6 Å². The van der Waals surface area contributed by atoms with Crippen molar-refractivity contribution in [1.82, 2.24) is 10.2 Å². The molecule has 2 heteroatoms. The molecule has 0 spiro atoms. The van der Waals surface area contributed by atoms with Crippen LogP contribution in [0.3, 0.4) is 0 Å². The molecule has 1 heterocycles. The van der Waals surface area contributed by atoms with Crippen LogP contribution >= 0.6 is 0 Å². The van der Waals surface area contributed by atoms with Crippen molar-refractivity contribution in [3.05, 3.63) is 0 Å². The average molecular weight is 238 g/mol. The molecule has 0 aromatic heterocycles. The van der Waals surface area contributed by atoms with Gasteiger partial charge in [-0.2, -0.15) is 0 Å². The highest BCUT2D eigenvalue weighted by Gasteiger charge is 2.19. The predicted octanol–water partition coefficient (Wildman–Crippen LogP) is 3.17. The van der Waals surface area contributed by atoms with E-state index in [0.717, 1.165) is 12.1 Å². The van der Waals surface area contributed by atoms with Gasteiger partial charge in [0.05, 0.1) is 0 Å². The van der Waals surface area contributed by atoms with Crippen LogP contribution in [0, 0.1) is 0 Å². The minimum absolute atomic E-state index is 0.739. The Balaban J connectivity index is 1.64. The average Bonchev–Trinajstić information content (AvgIpc) is 2.80. The zero-order valence-electron chi connectivity index (χ0n) is 11.6. The fourth-order valence-electron chi connectivity index (χ4n) is 3.31. The third-order valence-corrected chi connectivity index (χ3v) is 4.57. The largest absolute Gasteiger partial charge is 0.312 e. The maximum atomic E-state index is 3.82. The number of hydrogen-bond acceptors (Lipinski definition) is 2. The van der Waals surface area contributed by atoms with E-state index in [1.807, 2.05) is 0 Å². The van der Waals surface area contributed by atoms with Crippen LogP contribution < -0.4 is 5.32 Å². The van der Waals surface area contributed by atoms with Gasteiger partial charge in [-0.05, 0) is 45.7 Å². The third kappa shape index (κ3) is 4.59. The summed E-state index contributed by atoms with van der Waals surface area (Å²) in [7, 11) is 0. The van der Waals surface area contributed by atoms with Crippen LogP contribution in [0.1, 0.15) is 64.7 Å². The molecule has 2 rings (SSSR count). The number of nitrogens with zero attached hydrogens (tertiary/aromatic N) is 1. The second kappa shape index (κ2) is 7.38. The van der Waals surface area contributed by atoms with Crippen LogP contribution in [-0.4, -0.2) is 36.6 Å². The Morgan fingerprint density at radius 2 is 1.53 bits per heavy atom. The summed E-state index contributed by atoms with van der Waals surface area (Å²) in [6.07, 6.45) is 12.9. The van der Waals surface area contributed by atoms with Gasteiger partial charge in [-0.25, -0.2) is 0 Å². The molecule has 1 saturated heterocycles. The van der Waals surface area contributed by atoms with Crippen LogP contribution in [0.4, 0.5) is 0 Å². The Morgan fingerprint density at radius 3 is 2.18 bits per heavy atom. The van der Waals surface area contributed by atoms with Gasteiger partial charge in [0.25, 0.3) is 0 Å². The first-order valence-electron chi connectivity index (χ1n) is 7.83. The molecule has 1 aliphatic carbocycles. The summed E-state index contributed by atoms with van der Waals surface area (Å²) in [5.74, 6) is 0. The van der Waals surface area contributed by atoms with Gasteiger partial charge in [-0.3, -0.25) is 4.90 Å². The minimum Gasteiger partial charge on any atom is -0.312 e. The van der Waals surface area contributed by atoms with E-state index in [1.165, 1.54) is 77.4 Å². The first kappa shape index (κ1) is 13.4. The summed E-state index contributed by atoms with van der Waals surface area (Å²) in [6.45, 7) is 6.24. The smallest absolute Gasteiger partial charge is 0.0192 e. The van der Waals surface area contributed by atoms with E-state index in [9.17, 15) is 0 Å². The van der Waals surface area contributed by atoms with Crippen LogP contribution in [-0.2, 0) is 0 Å². The van der Waals surface area contributed by atoms with E-state index in [2.05, 4.69) is 17.1 Å². The molecule has 2 nitrogen and oxygen atoms in total. The second-order valence-corrected chi connectivity index (χ2v) is 6.04. The van der Waals surface area contributed by atoms with Gasteiger partial charge in [-0.1, -0.05) is 32.1 Å². The highest BCUT2D eigenvalue weighted by Crippen LogP contribution is 2.17. The molecule has 17 heavy (non-hydrogen) atoms. The third-order valence-electron chi connectivity index (χ3n) is 4.57. The van der Waals surface area contributed by atoms with E-state index in [1.54, 1.807) is 0 Å². The number of rotatable bonds is 4. The molecule has 0 aromatic carbocycles. The number of likely N-dealkylation sites (tertiary alicyclic amines) is 1. The van der Waals surface area contributed by atoms with Gasteiger partial charge in [0.2, 0.25) is 0 Å². The lowest BCUT2D eigenvalue weighted by atomic mass is 9.96. The molecule has 1 saturated carbocycles. The highest BCUT2D eigenvalue weighted by molar-refractivity contribution is 4.77. The molecule has 0 radical (unpaired) electrons. The molecule has 0 aromatic rings. The lowest BCUT2D eigenvalue weighted by Crippen LogP contribution is -2.42. The maximum absolute atomic E-state index is 3.82. The van der Waals surface area contributed by atoms with Crippen LogP contribution in [0.15, 0.2) is 0 Å². The van der Waals surface area contributed by atoms with Crippen molar-refractivity contribution < 1.29 is 0 Å². The first-order chi connectivity index (χ1) is 8.36. The van der Waals surface area contributed by atoms with Crippen molar-refractivity contribution in [3.63, 3.8) is 0 Å². The molecule has 0 amide bonds. The van der Waals surface area contributed by atoms with E-state index in [-0.39, 0.29) is 0 Å². The summed E-state index contributed by atoms with van der Waals surface area (Å²) in [5, 5.41) is 3.82. The lowest BCUT2D eigenvalue weighted by molar-refractivity contribution is 0.240. The summed E-state index contributed by atoms with van der Waals surface area (Å²) >= 11 is 0. The van der Waals surface area contributed by atoms with Gasteiger partial charge in [0.1, 0.15) is 0 Å². The zero-order chi connectivity index (χ0) is 11.9. The monoisotopic (exact) mass is 238 g/mol. The lowest BCUT2D eigenvalue weighted by Gasteiger charge is -2.27. The fraction of sp³-hybridized carbons (Fsp3) is 1.00. The number of nitrogens with one attached hydrogen (secondary N) is 1. The highest BCUT2D eigenvalue weighted by atomic mass is 15.2. The van der Waals surface area contributed by atoms with E-state index >= 15 is 0 Å². The van der Waals surface area contributed by atoms with Crippen LogP contribution in [0.2, 0.25) is 0 Å². The van der Waals surface area contributed by atoms with E-state index in [0.29, 0.717) is 0 Å². The molecule has 1 aliphatic heterocycles. The predicted molar refractivity (Wildman–Crippen MR) is 74.4 cm³/mol. The molecule has 2 fully saturated rings. The van der Waals surface area contributed by atoms with Gasteiger partial charge in [0.15, 0.2) is 0 Å². The van der Waals surface area contributed by atoms with E-state index in [4.69, 9.17) is 0 Å². The molecular weight excluding hydrogens is 208 g/mol. The van der Waals surface area contributed by atoms with Crippen LogP contribution in [0.25, 0.3) is 0 Å². The Labute approximate surface area is 107 Å². The summed E-state index contributed by atoms with van der Waals surface area (Å²) < 4.78 is 0. The van der Waals surface area contributed by atoms with Crippen molar-refractivity contribution in [2.75, 3.05) is 19.6 Å². The zero-order valence-corrected chi connectivity index (χ0v) is 11.6. The Hall–Kier alpha value is -0.0800. The fourth-order valence-corrected chi connectivity index (χ4v) is 3.31. The molecular formula is C15H30N2. The van der Waals surface area contributed by atoms with Crippen molar-refractivity contribution in [2.45, 2.75) is 76.8 Å². The molecule has 1 unspecified atom stereocenters. The summed E-state index contributed by atoms with van der Waals surface area (Å²) in [4.78, 5) is 2.65. The SMILES string of the molecule is CC(CNC1CCCCCCC1)N1CCCC1. The standard InChI is InChI=1S/C15H30N2/c1-14(17-11-7-8-12-17)13-16-15-9-5-3-2-4-6-10-15/h14-16H,2-13H2,1H3. The molecule has 1 atom stereocenters. The van der Waals surface area contributed by atoms with Gasteiger partial charge >= 0.3 is 0 Å². The Morgan fingerprint density at radius 1 is 0.941 bits per heavy atom. The van der Waals surface area contributed by atoms with Crippen molar-refractivity contribution in [2.24, 2.45) is 0 Å². The second-order valence-electron chi connectivity index (χ2n) is 6.04. The van der Waals surface area contributed by atoms with Crippen molar-refractivity contribution >= 4 is 0 Å². The van der Waals surface area contributed by atoms with Crippen molar-refractivity contribution in [1.29, 1.82) is 0 Å². The molecule has 0 bridgehead atoms. The summed E-state index contributed by atoms with van der Waals surface area (Å²) in [6, 6.07) is 1.54. The van der Waals surface area contributed by atoms with Crippen LogP contribution in [0.5, 0.6) is 0 Å².